The van der Waals surface area contributed by atoms with Gasteiger partial charge in [-0.1, -0.05) is 13.8 Å². The summed E-state index contributed by atoms with van der Waals surface area (Å²) in [5.74, 6) is 1.42. The average molecular weight is 492 g/mol. The number of sulfonamides is 1. The smallest absolute Gasteiger partial charge is 0.212 e. The van der Waals surface area contributed by atoms with Crippen LogP contribution in [0.25, 0.3) is 11.0 Å². The summed E-state index contributed by atoms with van der Waals surface area (Å²) < 4.78 is 36.4. The second-order valence-electron chi connectivity index (χ2n) is 10.4. The Hall–Kier alpha value is -2.04. The lowest BCUT2D eigenvalue weighted by Crippen LogP contribution is -2.45. The second-order valence-corrected chi connectivity index (χ2v) is 12.2. The van der Waals surface area contributed by atoms with Crippen molar-refractivity contribution in [2.45, 2.75) is 73.5 Å². The summed E-state index contributed by atoms with van der Waals surface area (Å²) in [6.45, 7) is 11.7. The number of carbonyl (C=O) groups is 1. The molecule has 34 heavy (non-hydrogen) atoms. The molecule has 0 amide bonds. The fourth-order valence-corrected chi connectivity index (χ4v) is 7.92. The van der Waals surface area contributed by atoms with Crippen molar-refractivity contribution < 1.29 is 17.9 Å². The van der Waals surface area contributed by atoms with Gasteiger partial charge in [0.15, 0.2) is 5.82 Å². The van der Waals surface area contributed by atoms with E-state index in [9.17, 15) is 13.2 Å². The molecule has 0 radical (unpaired) electrons. The maximum atomic E-state index is 13.0. The Balaban J connectivity index is 1.47. The Kier molecular flexibility index (Phi) is 6.54. The molecule has 0 saturated heterocycles. The lowest BCUT2D eigenvalue weighted by molar-refractivity contribution is -0.128. The standard InChI is InChI=1S/C24H37N5O4S/c1-6-33-13-19-28-20-21(15(2)16(3)27-22(20)25)29(19)11-7-10-26-34(31,32)14-24-9-8-17(12-18(24)30)23(24,4)5/h17,26H,6-14H2,1-5H3,(H2,25,27). The Labute approximate surface area is 201 Å². The molecule has 3 N–H and O–H groups in total. The van der Waals surface area contributed by atoms with Gasteiger partial charge in [-0.3, -0.25) is 4.79 Å². The largest absolute Gasteiger partial charge is 0.382 e. The molecule has 4 rings (SSSR count). The number of hydrogen-bond donors (Lipinski definition) is 2. The van der Waals surface area contributed by atoms with Gasteiger partial charge >= 0.3 is 0 Å². The number of nitrogens with two attached hydrogens (primary N) is 1. The molecule has 2 atom stereocenters. The predicted octanol–water partition coefficient (Wildman–Crippen LogP) is 2.87. The summed E-state index contributed by atoms with van der Waals surface area (Å²) in [5, 5.41) is 0. The summed E-state index contributed by atoms with van der Waals surface area (Å²) in [5.41, 5.74) is 8.51. The Bertz CT molecular complexity index is 1220. The van der Waals surface area contributed by atoms with Crippen molar-refractivity contribution in [1.82, 2.24) is 19.3 Å². The van der Waals surface area contributed by atoms with E-state index < -0.39 is 15.4 Å². The van der Waals surface area contributed by atoms with Crippen LogP contribution in [0.3, 0.4) is 0 Å². The first-order valence-corrected chi connectivity index (χ1v) is 13.8. The minimum atomic E-state index is -3.59. The van der Waals surface area contributed by atoms with Crippen LogP contribution >= 0.6 is 0 Å². The molecule has 10 heteroatoms. The number of fused-ring (bicyclic) bond motifs is 3. The first-order chi connectivity index (χ1) is 15.9. The highest BCUT2D eigenvalue weighted by Gasteiger charge is 2.65. The van der Waals surface area contributed by atoms with Crippen molar-refractivity contribution in [3.63, 3.8) is 0 Å². The number of anilines is 1. The highest BCUT2D eigenvalue weighted by molar-refractivity contribution is 7.89. The number of Topliss-reactive ketones (excluding diaryl/α,β-unsaturated/α-hetero) is 1. The Morgan fingerprint density at radius 3 is 2.62 bits per heavy atom. The SMILES string of the molecule is CCOCc1nc2c(N)nc(C)c(C)c2n1CCCNS(=O)(=O)CC12CCC(CC1=O)C2(C)C. The molecule has 0 spiro atoms. The number of rotatable bonds is 10. The van der Waals surface area contributed by atoms with Crippen molar-refractivity contribution in [2.75, 3.05) is 24.6 Å². The Morgan fingerprint density at radius 2 is 2.00 bits per heavy atom. The van der Waals surface area contributed by atoms with E-state index in [0.717, 1.165) is 29.0 Å². The topological polar surface area (TPSA) is 129 Å². The second kappa shape index (κ2) is 8.87. The molecule has 2 fully saturated rings. The summed E-state index contributed by atoms with van der Waals surface area (Å²) in [7, 11) is -3.59. The molecule has 9 nitrogen and oxygen atoms in total. The number of nitrogens with one attached hydrogen (secondary N) is 1. The van der Waals surface area contributed by atoms with Crippen LogP contribution in [0, 0.1) is 30.6 Å². The third-order valence-electron chi connectivity index (χ3n) is 8.37. The number of ketones is 1. The van der Waals surface area contributed by atoms with E-state index in [1.54, 1.807) is 0 Å². The maximum Gasteiger partial charge on any atom is 0.212 e. The number of nitrogens with zero attached hydrogens (tertiary/aromatic N) is 3. The molecule has 2 bridgehead atoms. The van der Waals surface area contributed by atoms with Crippen LogP contribution in [0.1, 0.15) is 63.5 Å². The molecule has 2 aliphatic rings. The zero-order valence-corrected chi connectivity index (χ0v) is 21.7. The van der Waals surface area contributed by atoms with Gasteiger partial charge in [-0.15, -0.1) is 0 Å². The van der Waals surface area contributed by atoms with Crippen LogP contribution in [0.5, 0.6) is 0 Å². The predicted molar refractivity (Wildman–Crippen MR) is 132 cm³/mol. The van der Waals surface area contributed by atoms with Crippen LogP contribution < -0.4 is 10.5 Å². The van der Waals surface area contributed by atoms with E-state index in [1.807, 2.05) is 20.8 Å². The third kappa shape index (κ3) is 4.03. The number of nitrogen functional groups attached to an aromatic ring is 1. The monoisotopic (exact) mass is 491 g/mol. The quantitative estimate of drug-likeness (QED) is 0.489. The minimum absolute atomic E-state index is 0.113. The van der Waals surface area contributed by atoms with Crippen molar-refractivity contribution in [3.8, 4) is 0 Å². The van der Waals surface area contributed by atoms with E-state index in [4.69, 9.17) is 10.5 Å². The van der Waals surface area contributed by atoms with Gasteiger partial charge in [0.2, 0.25) is 10.0 Å². The number of hydrogen-bond acceptors (Lipinski definition) is 7. The van der Waals surface area contributed by atoms with Gasteiger partial charge in [0.05, 0.1) is 11.3 Å². The van der Waals surface area contributed by atoms with Gasteiger partial charge in [-0.05, 0) is 56.9 Å². The first kappa shape index (κ1) is 25.1. The van der Waals surface area contributed by atoms with Gasteiger partial charge in [0.1, 0.15) is 23.7 Å². The van der Waals surface area contributed by atoms with Crippen LogP contribution in [-0.2, 0) is 32.7 Å². The van der Waals surface area contributed by atoms with Crippen LogP contribution in [0.4, 0.5) is 5.82 Å². The van der Waals surface area contributed by atoms with Crippen molar-refractivity contribution in [1.29, 1.82) is 0 Å². The number of aromatic nitrogens is 3. The summed E-state index contributed by atoms with van der Waals surface area (Å²) in [4.78, 5) is 21.8. The molecular formula is C24H37N5O4S. The number of imidazole rings is 1. The Morgan fingerprint density at radius 1 is 1.26 bits per heavy atom. The van der Waals surface area contributed by atoms with E-state index >= 15 is 0 Å². The molecular weight excluding hydrogens is 454 g/mol. The van der Waals surface area contributed by atoms with Crippen molar-refractivity contribution in [2.24, 2.45) is 16.7 Å². The van der Waals surface area contributed by atoms with E-state index in [0.29, 0.717) is 56.3 Å². The van der Waals surface area contributed by atoms with Crippen LogP contribution in [-0.4, -0.2) is 47.6 Å². The molecule has 0 aromatic carbocycles. The lowest BCUT2D eigenvalue weighted by Gasteiger charge is -2.36. The van der Waals surface area contributed by atoms with Gasteiger partial charge in [0, 0.05) is 37.2 Å². The summed E-state index contributed by atoms with van der Waals surface area (Å²) in [6.07, 6.45) is 2.68. The van der Waals surface area contributed by atoms with E-state index in [2.05, 4.69) is 33.1 Å². The minimum Gasteiger partial charge on any atom is -0.382 e. The highest BCUT2D eigenvalue weighted by Crippen LogP contribution is 2.64. The third-order valence-corrected chi connectivity index (χ3v) is 9.88. The van der Waals surface area contributed by atoms with E-state index in [-0.39, 0.29) is 23.5 Å². The first-order valence-electron chi connectivity index (χ1n) is 12.1. The van der Waals surface area contributed by atoms with Crippen molar-refractivity contribution in [3.05, 3.63) is 17.1 Å². The van der Waals surface area contributed by atoms with Crippen molar-refractivity contribution >= 4 is 32.7 Å². The lowest BCUT2D eigenvalue weighted by atomic mass is 9.70. The summed E-state index contributed by atoms with van der Waals surface area (Å²) in [6, 6.07) is 0. The molecule has 0 aliphatic heterocycles. The molecule has 2 unspecified atom stereocenters. The summed E-state index contributed by atoms with van der Waals surface area (Å²) >= 11 is 0. The zero-order valence-electron chi connectivity index (χ0n) is 20.9. The van der Waals surface area contributed by atoms with Crippen LogP contribution in [0.2, 0.25) is 0 Å². The molecule has 2 aromatic heterocycles. The number of pyridine rings is 1. The number of aryl methyl sites for hydroxylation is 3. The highest BCUT2D eigenvalue weighted by atomic mass is 32.2. The molecule has 188 valence electrons. The normalized spacial score (nSPS) is 23.9. The van der Waals surface area contributed by atoms with Gasteiger partial charge in [-0.25, -0.2) is 23.1 Å². The molecule has 2 heterocycles. The van der Waals surface area contributed by atoms with E-state index in [1.165, 1.54) is 0 Å². The van der Waals surface area contributed by atoms with Gasteiger partial charge in [0.25, 0.3) is 0 Å². The number of carbonyl (C=O) groups excluding carboxylic acids is 1. The maximum absolute atomic E-state index is 13.0. The molecule has 2 aliphatic carbocycles. The van der Waals surface area contributed by atoms with Gasteiger partial charge in [-0.2, -0.15) is 0 Å². The zero-order chi connectivity index (χ0) is 24.9. The number of ether oxygens (including phenoxy) is 1. The van der Waals surface area contributed by atoms with Gasteiger partial charge < -0.3 is 15.0 Å². The fourth-order valence-electron chi connectivity index (χ4n) is 6.04. The van der Waals surface area contributed by atoms with Crippen LogP contribution in [0.15, 0.2) is 0 Å². The molecule has 2 saturated carbocycles. The molecule has 2 aromatic rings. The fraction of sp³-hybridized carbons (Fsp3) is 0.708. The average Bonchev–Trinajstić information content (AvgIpc) is 3.30.